The van der Waals surface area contributed by atoms with E-state index in [1.165, 1.54) is 18.4 Å². The van der Waals surface area contributed by atoms with Gasteiger partial charge in [-0.2, -0.15) is 0 Å². The molecule has 1 unspecified atom stereocenters. The molecule has 2 rings (SSSR count). The van der Waals surface area contributed by atoms with Crippen LogP contribution in [0.15, 0.2) is 29.6 Å². The van der Waals surface area contributed by atoms with Crippen molar-refractivity contribution in [1.29, 1.82) is 0 Å². The van der Waals surface area contributed by atoms with Crippen molar-refractivity contribution >= 4 is 34.3 Å². The lowest BCUT2D eigenvalue weighted by Crippen LogP contribution is -2.02. The van der Waals surface area contributed by atoms with Crippen molar-refractivity contribution in [2.45, 2.75) is 6.92 Å². The van der Waals surface area contributed by atoms with E-state index in [0.29, 0.717) is 10.6 Å². The maximum absolute atomic E-state index is 11.7. The predicted molar refractivity (Wildman–Crippen MR) is 78.4 cm³/mol. The number of hydrogen-bond acceptors (Lipinski definition) is 5. The number of thiophene rings is 1. The number of nitrogens with one attached hydrogen (secondary N) is 1. The fourth-order valence-electron chi connectivity index (χ4n) is 1.85. The van der Waals surface area contributed by atoms with Gasteiger partial charge in [0.05, 0.1) is 7.11 Å². The molecule has 0 aliphatic carbocycles. The molecule has 20 heavy (non-hydrogen) atoms. The molecule has 1 atom stereocenters. The van der Waals surface area contributed by atoms with Crippen LogP contribution in [-0.4, -0.2) is 21.8 Å². The quantitative estimate of drug-likeness (QED) is 0.695. The van der Waals surface area contributed by atoms with Gasteiger partial charge in [-0.25, -0.2) is 4.79 Å². The molecular weight excluding hydrogens is 298 g/mol. The van der Waals surface area contributed by atoms with Crippen molar-refractivity contribution < 1.29 is 18.3 Å². The summed E-state index contributed by atoms with van der Waals surface area (Å²) in [5.74, 6) is -0.374. The van der Waals surface area contributed by atoms with Crippen LogP contribution >= 0.6 is 11.3 Å². The minimum Gasteiger partial charge on any atom is -0.755 e. The van der Waals surface area contributed by atoms with Gasteiger partial charge >= 0.3 is 5.97 Å². The Bertz CT molecular complexity index is 649. The Morgan fingerprint density at radius 3 is 2.55 bits per heavy atom. The van der Waals surface area contributed by atoms with E-state index in [2.05, 4.69) is 4.72 Å². The second-order valence-electron chi connectivity index (χ2n) is 4.03. The zero-order valence-electron chi connectivity index (χ0n) is 10.8. The van der Waals surface area contributed by atoms with Gasteiger partial charge in [-0.15, -0.1) is 11.3 Å². The SMILES string of the molecule is COC(=O)c1scc(C)c1-c1ccc(NS(=O)[O-])cc1. The Hall–Kier alpha value is -1.70. The number of carbonyl (C=O) groups excluding carboxylic acids is 1. The molecule has 0 aliphatic heterocycles. The first-order valence-electron chi connectivity index (χ1n) is 5.65. The van der Waals surface area contributed by atoms with Crippen LogP contribution in [0.3, 0.4) is 0 Å². The summed E-state index contributed by atoms with van der Waals surface area (Å²) in [5, 5.41) is 1.89. The number of ether oxygens (including phenoxy) is 1. The predicted octanol–water partition coefficient (Wildman–Crippen LogP) is 2.72. The topological polar surface area (TPSA) is 78.5 Å². The molecule has 0 amide bonds. The molecule has 1 aromatic carbocycles. The van der Waals surface area contributed by atoms with Crippen LogP contribution in [0.1, 0.15) is 15.2 Å². The minimum absolute atomic E-state index is 0.374. The number of methoxy groups -OCH3 is 1. The number of anilines is 1. The molecule has 0 spiro atoms. The average Bonchev–Trinajstić information content (AvgIpc) is 2.80. The number of rotatable bonds is 4. The average molecular weight is 310 g/mol. The number of carbonyl (C=O) groups is 1. The zero-order chi connectivity index (χ0) is 14.7. The lowest BCUT2D eigenvalue weighted by Gasteiger charge is -2.10. The molecule has 0 saturated heterocycles. The van der Waals surface area contributed by atoms with E-state index >= 15 is 0 Å². The molecule has 7 heteroatoms. The Balaban J connectivity index is 2.39. The largest absolute Gasteiger partial charge is 0.755 e. The Morgan fingerprint density at radius 1 is 1.35 bits per heavy atom. The number of esters is 1. The van der Waals surface area contributed by atoms with Crippen LogP contribution in [0, 0.1) is 6.92 Å². The normalized spacial score (nSPS) is 11.9. The third-order valence-electron chi connectivity index (χ3n) is 2.72. The number of benzene rings is 1. The molecule has 0 fully saturated rings. The van der Waals surface area contributed by atoms with Gasteiger partial charge < -0.3 is 14.0 Å². The van der Waals surface area contributed by atoms with E-state index in [0.717, 1.165) is 16.7 Å². The first-order chi connectivity index (χ1) is 9.52. The van der Waals surface area contributed by atoms with E-state index in [-0.39, 0.29) is 5.97 Å². The molecule has 0 saturated carbocycles. The van der Waals surface area contributed by atoms with Crippen LogP contribution in [0.5, 0.6) is 0 Å². The molecule has 0 bridgehead atoms. The van der Waals surface area contributed by atoms with Crippen LogP contribution in [0.2, 0.25) is 0 Å². The molecule has 0 radical (unpaired) electrons. The molecular formula is C13H12NO4S2-. The fourth-order valence-corrected chi connectivity index (χ4v) is 3.16. The fraction of sp³-hybridized carbons (Fsp3) is 0.154. The van der Waals surface area contributed by atoms with Crippen molar-refractivity contribution in [3.8, 4) is 11.1 Å². The van der Waals surface area contributed by atoms with E-state index in [1.54, 1.807) is 24.3 Å². The summed E-state index contributed by atoms with van der Waals surface area (Å²) >= 11 is -1.02. The summed E-state index contributed by atoms with van der Waals surface area (Å²) in [6.45, 7) is 1.91. The summed E-state index contributed by atoms with van der Waals surface area (Å²) in [6, 6.07) is 6.81. The molecule has 5 nitrogen and oxygen atoms in total. The maximum Gasteiger partial charge on any atom is 0.348 e. The third-order valence-corrected chi connectivity index (χ3v) is 4.20. The smallest absolute Gasteiger partial charge is 0.348 e. The van der Waals surface area contributed by atoms with Crippen LogP contribution in [0.25, 0.3) is 11.1 Å². The Labute approximate surface area is 123 Å². The minimum atomic E-state index is -2.35. The number of hydrogen-bond donors (Lipinski definition) is 1. The second-order valence-corrected chi connectivity index (χ2v) is 5.58. The monoisotopic (exact) mass is 310 g/mol. The maximum atomic E-state index is 11.7. The first-order valence-corrected chi connectivity index (χ1v) is 7.61. The summed E-state index contributed by atoms with van der Waals surface area (Å²) in [7, 11) is 1.34. The van der Waals surface area contributed by atoms with Gasteiger partial charge in [-0.05, 0) is 35.6 Å². The highest BCUT2D eigenvalue weighted by molar-refractivity contribution is 7.80. The van der Waals surface area contributed by atoms with E-state index in [9.17, 15) is 13.6 Å². The lowest BCUT2D eigenvalue weighted by molar-refractivity contribution is 0.0607. The zero-order valence-corrected chi connectivity index (χ0v) is 12.5. The van der Waals surface area contributed by atoms with Gasteiger partial charge in [0.2, 0.25) is 0 Å². The first kappa shape index (κ1) is 14.7. The van der Waals surface area contributed by atoms with Gasteiger partial charge in [0.25, 0.3) is 0 Å². The summed E-state index contributed by atoms with van der Waals surface area (Å²) in [4.78, 5) is 12.3. The molecule has 2 aromatic rings. The van der Waals surface area contributed by atoms with Crippen molar-refractivity contribution in [2.75, 3.05) is 11.8 Å². The number of aryl methyl sites for hydroxylation is 1. The highest BCUT2D eigenvalue weighted by Gasteiger charge is 2.17. The van der Waals surface area contributed by atoms with Crippen molar-refractivity contribution in [1.82, 2.24) is 0 Å². The Kier molecular flexibility index (Phi) is 4.53. The standard InChI is InChI=1S/C13H13NO4S2/c1-8-7-19-12(13(15)18-2)11(8)9-3-5-10(6-4-9)14-20(16)17/h3-7,14H,1-2H3,(H,16,17)/p-1. The van der Waals surface area contributed by atoms with Gasteiger partial charge in [-0.3, -0.25) is 4.21 Å². The lowest BCUT2D eigenvalue weighted by atomic mass is 10.0. The summed E-state index contributed by atoms with van der Waals surface area (Å²) in [5.41, 5.74) is 3.10. The van der Waals surface area contributed by atoms with Gasteiger partial charge in [0.15, 0.2) is 0 Å². The molecule has 106 valence electrons. The highest BCUT2D eigenvalue weighted by Crippen LogP contribution is 2.33. The van der Waals surface area contributed by atoms with Crippen LogP contribution in [0.4, 0.5) is 5.69 Å². The van der Waals surface area contributed by atoms with E-state index in [4.69, 9.17) is 4.74 Å². The molecule has 1 N–H and O–H groups in total. The molecule has 0 aliphatic rings. The van der Waals surface area contributed by atoms with Crippen molar-refractivity contribution in [3.05, 3.63) is 40.1 Å². The summed E-state index contributed by atoms with van der Waals surface area (Å²) in [6.07, 6.45) is 0. The van der Waals surface area contributed by atoms with E-state index in [1.807, 2.05) is 12.3 Å². The van der Waals surface area contributed by atoms with Gasteiger partial charge in [0.1, 0.15) is 4.88 Å². The summed E-state index contributed by atoms with van der Waals surface area (Å²) < 4.78 is 28.1. The van der Waals surface area contributed by atoms with Gasteiger partial charge in [-0.1, -0.05) is 12.1 Å². The van der Waals surface area contributed by atoms with Crippen LogP contribution < -0.4 is 4.72 Å². The third kappa shape index (κ3) is 3.06. The Morgan fingerprint density at radius 2 is 2.00 bits per heavy atom. The van der Waals surface area contributed by atoms with Crippen molar-refractivity contribution in [2.24, 2.45) is 0 Å². The highest BCUT2D eigenvalue weighted by atomic mass is 32.2. The van der Waals surface area contributed by atoms with Gasteiger partial charge in [0, 0.05) is 22.5 Å². The second kappa shape index (κ2) is 6.17. The molecule has 1 heterocycles. The molecule has 1 aromatic heterocycles. The van der Waals surface area contributed by atoms with Crippen molar-refractivity contribution in [3.63, 3.8) is 0 Å². The van der Waals surface area contributed by atoms with E-state index < -0.39 is 11.3 Å². The van der Waals surface area contributed by atoms with Crippen LogP contribution in [-0.2, 0) is 16.0 Å².